The van der Waals surface area contributed by atoms with E-state index in [-0.39, 0.29) is 47.4 Å². The van der Waals surface area contributed by atoms with Crippen molar-refractivity contribution >= 4 is 23.2 Å². The number of aliphatic hydroxyl groups excluding tert-OH is 1. The fourth-order valence-corrected chi connectivity index (χ4v) is 2.96. The van der Waals surface area contributed by atoms with Gasteiger partial charge in [-0.15, -0.1) is 0 Å². The molecule has 3 aromatic rings. The Labute approximate surface area is 182 Å². The van der Waals surface area contributed by atoms with Crippen LogP contribution in [0.3, 0.4) is 0 Å². The molecule has 0 aliphatic carbocycles. The van der Waals surface area contributed by atoms with Gasteiger partial charge in [-0.1, -0.05) is 28.4 Å². The quantitative estimate of drug-likeness (QED) is 0.520. The van der Waals surface area contributed by atoms with Gasteiger partial charge in [0.2, 0.25) is 5.82 Å². The van der Waals surface area contributed by atoms with E-state index in [0.717, 1.165) is 6.07 Å². The summed E-state index contributed by atoms with van der Waals surface area (Å²) in [5, 5.41) is 13.4. The van der Waals surface area contributed by atoms with E-state index < -0.39 is 11.9 Å². The Morgan fingerprint density at radius 1 is 1.17 bits per heavy atom. The molecule has 3 rings (SSSR count). The molecule has 0 bridgehead atoms. The minimum atomic E-state index is -0.677. The Morgan fingerprint density at radius 3 is 2.60 bits per heavy atom. The van der Waals surface area contributed by atoms with Crippen molar-refractivity contribution in [3.8, 4) is 34.3 Å². The molecule has 0 saturated heterocycles. The molecule has 2 aromatic carbocycles. The largest absolute Gasteiger partial charge is 0.489 e. The first-order chi connectivity index (χ1) is 14.3. The molecule has 0 saturated carbocycles. The minimum absolute atomic E-state index is 0.0216. The number of nitrogens with zero attached hydrogens (tertiary/aromatic N) is 2. The van der Waals surface area contributed by atoms with Gasteiger partial charge in [0.1, 0.15) is 12.4 Å². The van der Waals surface area contributed by atoms with Crippen LogP contribution in [0.4, 0.5) is 4.39 Å². The first-order valence-electron chi connectivity index (χ1n) is 9.07. The minimum Gasteiger partial charge on any atom is -0.489 e. The summed E-state index contributed by atoms with van der Waals surface area (Å²) in [7, 11) is 0. The van der Waals surface area contributed by atoms with Crippen LogP contribution in [0.5, 0.6) is 11.5 Å². The van der Waals surface area contributed by atoms with E-state index in [9.17, 15) is 4.39 Å². The van der Waals surface area contributed by atoms with Crippen LogP contribution in [-0.4, -0.2) is 40.6 Å². The van der Waals surface area contributed by atoms with E-state index in [4.69, 9.17) is 48.0 Å². The monoisotopic (exact) mass is 455 g/mol. The van der Waals surface area contributed by atoms with Crippen LogP contribution in [0.1, 0.15) is 13.8 Å². The highest BCUT2D eigenvalue weighted by Crippen LogP contribution is 2.34. The number of hydrogen-bond donors (Lipinski definition) is 2. The van der Waals surface area contributed by atoms with E-state index in [0.29, 0.717) is 16.3 Å². The summed E-state index contributed by atoms with van der Waals surface area (Å²) >= 11 is 12.5. The van der Waals surface area contributed by atoms with E-state index in [1.807, 2.05) is 13.8 Å². The third-order valence-corrected chi connectivity index (χ3v) is 4.53. The summed E-state index contributed by atoms with van der Waals surface area (Å²) in [5.74, 6) is 0.0599. The SMILES string of the molecule is CC(C)Oc1ccc(-c2nc(-c3cc(F)c(OC[C@H](N)CO)cc3Cl)no2)cc1Cl. The van der Waals surface area contributed by atoms with Crippen molar-refractivity contribution in [1.82, 2.24) is 10.1 Å². The van der Waals surface area contributed by atoms with Crippen molar-refractivity contribution in [1.29, 1.82) is 0 Å². The number of aromatic nitrogens is 2. The lowest BCUT2D eigenvalue weighted by Crippen LogP contribution is -2.31. The van der Waals surface area contributed by atoms with E-state index in [2.05, 4.69) is 10.1 Å². The van der Waals surface area contributed by atoms with Crippen LogP contribution in [0.25, 0.3) is 22.8 Å². The van der Waals surface area contributed by atoms with Crippen LogP contribution < -0.4 is 15.2 Å². The maximum Gasteiger partial charge on any atom is 0.258 e. The molecule has 1 aromatic heterocycles. The summed E-state index contributed by atoms with van der Waals surface area (Å²) in [6.45, 7) is 3.45. The summed E-state index contributed by atoms with van der Waals surface area (Å²) < 4.78 is 30.5. The number of aliphatic hydroxyl groups is 1. The van der Waals surface area contributed by atoms with Crippen molar-refractivity contribution in [3.63, 3.8) is 0 Å². The van der Waals surface area contributed by atoms with Gasteiger partial charge in [-0.3, -0.25) is 0 Å². The third kappa shape index (κ3) is 5.20. The smallest absolute Gasteiger partial charge is 0.258 e. The van der Waals surface area contributed by atoms with Crippen molar-refractivity contribution in [2.24, 2.45) is 5.73 Å². The van der Waals surface area contributed by atoms with Crippen molar-refractivity contribution in [3.05, 3.63) is 46.2 Å². The molecule has 10 heteroatoms. The van der Waals surface area contributed by atoms with E-state index in [1.165, 1.54) is 6.07 Å². The Kier molecular flexibility index (Phi) is 7.14. The molecule has 1 atom stereocenters. The first-order valence-corrected chi connectivity index (χ1v) is 9.83. The number of halogens is 3. The summed E-state index contributed by atoms with van der Waals surface area (Å²) in [5.41, 5.74) is 6.36. The molecular weight excluding hydrogens is 436 g/mol. The lowest BCUT2D eigenvalue weighted by atomic mass is 10.2. The molecule has 3 N–H and O–H groups in total. The molecule has 7 nitrogen and oxygen atoms in total. The topological polar surface area (TPSA) is 104 Å². The molecule has 30 heavy (non-hydrogen) atoms. The van der Waals surface area contributed by atoms with Crippen LogP contribution in [0.15, 0.2) is 34.9 Å². The number of rotatable bonds is 8. The van der Waals surface area contributed by atoms with Crippen LogP contribution in [-0.2, 0) is 0 Å². The average Bonchev–Trinajstić information content (AvgIpc) is 3.19. The predicted molar refractivity (Wildman–Crippen MR) is 111 cm³/mol. The Hall–Kier alpha value is -2.39. The number of ether oxygens (including phenoxy) is 2. The molecule has 0 radical (unpaired) electrons. The number of hydrogen-bond acceptors (Lipinski definition) is 7. The zero-order valence-electron chi connectivity index (χ0n) is 16.2. The lowest BCUT2D eigenvalue weighted by Gasteiger charge is -2.12. The molecule has 160 valence electrons. The predicted octanol–water partition coefficient (Wildman–Crippen LogP) is 4.34. The number of nitrogens with two attached hydrogens (primary N) is 1. The van der Waals surface area contributed by atoms with Gasteiger partial charge in [-0.05, 0) is 38.1 Å². The van der Waals surface area contributed by atoms with E-state index in [1.54, 1.807) is 18.2 Å². The van der Waals surface area contributed by atoms with Crippen LogP contribution in [0, 0.1) is 5.82 Å². The van der Waals surface area contributed by atoms with Crippen molar-refractivity contribution < 1.29 is 23.5 Å². The molecule has 0 spiro atoms. The highest BCUT2D eigenvalue weighted by Gasteiger charge is 2.18. The van der Waals surface area contributed by atoms with Crippen LogP contribution in [0.2, 0.25) is 10.0 Å². The van der Waals surface area contributed by atoms with Gasteiger partial charge < -0.3 is 24.8 Å². The van der Waals surface area contributed by atoms with Gasteiger partial charge in [0.25, 0.3) is 5.89 Å². The molecule has 0 aliphatic rings. The third-order valence-electron chi connectivity index (χ3n) is 3.92. The summed E-state index contributed by atoms with van der Waals surface area (Å²) in [4.78, 5) is 4.28. The normalized spacial score (nSPS) is 12.3. The fourth-order valence-electron chi connectivity index (χ4n) is 2.49. The second-order valence-corrected chi connectivity index (χ2v) is 7.57. The summed E-state index contributed by atoms with van der Waals surface area (Å²) in [6.07, 6.45) is -0.0216. The van der Waals surface area contributed by atoms with Gasteiger partial charge in [-0.25, -0.2) is 4.39 Å². The average molecular weight is 456 g/mol. The standard InChI is InChI=1S/C20H20Cl2FN3O4/c1-10(2)29-17-4-3-11(5-15(17)22)20-25-19(26-30-20)13-6-16(23)18(7-14(13)21)28-9-12(24)8-27/h3-7,10,12,27H,8-9,24H2,1-2H3/t12-/m1/s1. The van der Waals surface area contributed by atoms with Crippen molar-refractivity contribution in [2.75, 3.05) is 13.2 Å². The lowest BCUT2D eigenvalue weighted by molar-refractivity contribution is 0.202. The molecule has 1 heterocycles. The van der Waals surface area contributed by atoms with Gasteiger partial charge >= 0.3 is 0 Å². The molecule has 0 amide bonds. The van der Waals surface area contributed by atoms with Gasteiger partial charge in [-0.2, -0.15) is 4.98 Å². The zero-order chi connectivity index (χ0) is 21.8. The maximum absolute atomic E-state index is 14.4. The number of benzene rings is 2. The van der Waals surface area contributed by atoms with Crippen LogP contribution >= 0.6 is 23.2 Å². The highest BCUT2D eigenvalue weighted by molar-refractivity contribution is 6.33. The first kappa shape index (κ1) is 22.3. The highest BCUT2D eigenvalue weighted by atomic mass is 35.5. The summed E-state index contributed by atoms with van der Waals surface area (Å²) in [6, 6.07) is 6.87. The molecular formula is C20H20Cl2FN3O4. The van der Waals surface area contributed by atoms with Gasteiger partial charge in [0, 0.05) is 17.2 Å². The molecule has 0 unspecified atom stereocenters. The zero-order valence-corrected chi connectivity index (χ0v) is 17.7. The Bertz CT molecular complexity index is 1030. The van der Waals surface area contributed by atoms with Gasteiger partial charge in [0.05, 0.1) is 28.8 Å². The second kappa shape index (κ2) is 9.61. The van der Waals surface area contributed by atoms with E-state index >= 15 is 0 Å². The second-order valence-electron chi connectivity index (χ2n) is 6.75. The Morgan fingerprint density at radius 2 is 1.93 bits per heavy atom. The maximum atomic E-state index is 14.4. The van der Waals surface area contributed by atoms with Gasteiger partial charge in [0.15, 0.2) is 11.6 Å². The van der Waals surface area contributed by atoms with Crippen molar-refractivity contribution in [2.45, 2.75) is 26.0 Å². The Balaban J connectivity index is 1.84. The molecule has 0 aliphatic heterocycles. The molecule has 0 fully saturated rings. The fraction of sp³-hybridized carbons (Fsp3) is 0.300.